The molecule has 1 amide bonds. The summed E-state index contributed by atoms with van der Waals surface area (Å²) in [4.78, 5) is 13.8. The second-order valence-corrected chi connectivity index (χ2v) is 7.08. The van der Waals surface area contributed by atoms with Gasteiger partial charge in [-0.15, -0.1) is 0 Å². The van der Waals surface area contributed by atoms with Gasteiger partial charge in [0.05, 0.1) is 12.8 Å². The van der Waals surface area contributed by atoms with E-state index in [2.05, 4.69) is 0 Å². The second kappa shape index (κ2) is 4.33. The molecule has 0 spiro atoms. The molecule has 94 valence electrons. The van der Waals surface area contributed by atoms with Crippen LogP contribution in [0.1, 0.15) is 27.2 Å². The van der Waals surface area contributed by atoms with Gasteiger partial charge in [0.2, 0.25) is 15.9 Å². The molecular weight excluding hydrogens is 228 g/mol. The molecular formula is C10H20N2O3S. The molecule has 1 rings (SSSR count). The van der Waals surface area contributed by atoms with Gasteiger partial charge >= 0.3 is 0 Å². The Labute approximate surface area is 97.5 Å². The highest BCUT2D eigenvalue weighted by atomic mass is 32.2. The van der Waals surface area contributed by atoms with Crippen molar-refractivity contribution in [2.75, 3.05) is 25.9 Å². The first-order valence-electron chi connectivity index (χ1n) is 5.38. The predicted molar refractivity (Wildman–Crippen MR) is 62.5 cm³/mol. The second-order valence-electron chi connectivity index (χ2n) is 5.17. The summed E-state index contributed by atoms with van der Waals surface area (Å²) in [6.45, 7) is 7.30. The Morgan fingerprint density at radius 1 is 1.19 bits per heavy atom. The minimum Gasteiger partial charge on any atom is -0.289 e. The lowest BCUT2D eigenvalue weighted by Gasteiger charge is -2.33. The van der Waals surface area contributed by atoms with E-state index in [1.165, 1.54) is 0 Å². The van der Waals surface area contributed by atoms with Crippen LogP contribution in [0.4, 0.5) is 0 Å². The van der Waals surface area contributed by atoms with Gasteiger partial charge in [0, 0.05) is 18.6 Å². The maximum Gasteiger partial charge on any atom is 0.250 e. The van der Waals surface area contributed by atoms with E-state index in [0.29, 0.717) is 13.0 Å². The highest BCUT2D eigenvalue weighted by molar-refractivity contribution is 7.88. The van der Waals surface area contributed by atoms with Gasteiger partial charge in [0.25, 0.3) is 0 Å². The van der Waals surface area contributed by atoms with Gasteiger partial charge in [-0.05, 0) is 27.2 Å². The quantitative estimate of drug-likeness (QED) is 0.669. The highest BCUT2D eigenvalue weighted by Crippen LogP contribution is 2.17. The summed E-state index contributed by atoms with van der Waals surface area (Å²) in [5.74, 6) is -0.324. The molecule has 1 aliphatic rings. The van der Waals surface area contributed by atoms with Crippen molar-refractivity contribution in [1.29, 1.82) is 0 Å². The van der Waals surface area contributed by atoms with E-state index in [1.807, 2.05) is 25.7 Å². The van der Waals surface area contributed by atoms with E-state index in [4.69, 9.17) is 0 Å². The Kier molecular flexibility index (Phi) is 3.64. The minimum atomic E-state index is -3.41. The number of carbonyl (C=O) groups is 1. The Bertz CT molecular complexity index is 370. The Balaban J connectivity index is 2.86. The lowest BCUT2D eigenvalue weighted by molar-refractivity contribution is -0.127. The summed E-state index contributed by atoms with van der Waals surface area (Å²) < 4.78 is 23.8. The van der Waals surface area contributed by atoms with Gasteiger partial charge in [-0.1, -0.05) is 0 Å². The maximum absolute atomic E-state index is 11.8. The van der Waals surface area contributed by atoms with Crippen molar-refractivity contribution in [2.24, 2.45) is 0 Å². The van der Waals surface area contributed by atoms with Crippen LogP contribution in [0.5, 0.6) is 0 Å². The number of carbonyl (C=O) groups excluding carboxylic acids is 1. The number of rotatable bonds is 1. The summed E-state index contributed by atoms with van der Waals surface area (Å²) in [6, 6.07) is 0. The molecule has 0 bridgehead atoms. The van der Waals surface area contributed by atoms with E-state index in [1.54, 1.807) is 0 Å². The van der Waals surface area contributed by atoms with Gasteiger partial charge in [-0.3, -0.25) is 9.69 Å². The first-order chi connectivity index (χ1) is 7.12. The monoisotopic (exact) mass is 248 g/mol. The predicted octanol–water partition coefficient (Wildman–Crippen LogP) is 0.279. The van der Waals surface area contributed by atoms with Crippen molar-refractivity contribution in [3.63, 3.8) is 0 Å². The van der Waals surface area contributed by atoms with Crippen LogP contribution in [-0.4, -0.2) is 55.0 Å². The average molecular weight is 248 g/mol. The van der Waals surface area contributed by atoms with Gasteiger partial charge in [0.15, 0.2) is 0 Å². The van der Waals surface area contributed by atoms with Crippen molar-refractivity contribution in [2.45, 2.75) is 32.7 Å². The molecule has 0 saturated carbocycles. The maximum atomic E-state index is 11.8. The molecule has 0 aromatic rings. The first-order valence-corrected chi connectivity index (χ1v) is 7.23. The van der Waals surface area contributed by atoms with Crippen LogP contribution in [0.3, 0.4) is 0 Å². The van der Waals surface area contributed by atoms with Gasteiger partial charge in [-0.25, -0.2) is 12.7 Å². The lowest BCUT2D eigenvalue weighted by Crippen LogP contribution is -2.46. The van der Waals surface area contributed by atoms with Crippen LogP contribution in [-0.2, 0) is 14.8 Å². The summed E-state index contributed by atoms with van der Waals surface area (Å²) in [6.07, 6.45) is 1.77. The van der Waals surface area contributed by atoms with Crippen LogP contribution in [0.2, 0.25) is 0 Å². The topological polar surface area (TPSA) is 57.7 Å². The fourth-order valence-corrected chi connectivity index (χ4v) is 2.66. The molecule has 0 aliphatic carbocycles. The van der Waals surface area contributed by atoms with Crippen molar-refractivity contribution in [3.8, 4) is 0 Å². The van der Waals surface area contributed by atoms with E-state index < -0.39 is 10.0 Å². The van der Waals surface area contributed by atoms with Crippen molar-refractivity contribution < 1.29 is 13.2 Å². The molecule has 0 N–H and O–H groups in total. The summed E-state index contributed by atoms with van der Waals surface area (Å²) in [7, 11) is -3.41. The van der Waals surface area contributed by atoms with Crippen LogP contribution in [0, 0.1) is 0 Å². The molecule has 1 aliphatic heterocycles. The van der Waals surface area contributed by atoms with Crippen LogP contribution < -0.4 is 0 Å². The van der Waals surface area contributed by atoms with Crippen LogP contribution in [0.15, 0.2) is 0 Å². The fourth-order valence-electron chi connectivity index (χ4n) is 1.77. The Morgan fingerprint density at radius 3 is 2.19 bits per heavy atom. The number of nitrogens with zero attached hydrogens (tertiary/aromatic N) is 2. The zero-order chi connectivity index (χ0) is 12.6. The minimum absolute atomic E-state index is 0.108. The molecule has 0 atom stereocenters. The largest absolute Gasteiger partial charge is 0.289 e. The highest BCUT2D eigenvalue weighted by Gasteiger charge is 2.31. The van der Waals surface area contributed by atoms with Crippen molar-refractivity contribution in [3.05, 3.63) is 0 Å². The molecule has 1 heterocycles. The first kappa shape index (κ1) is 13.4. The zero-order valence-corrected chi connectivity index (χ0v) is 11.2. The third kappa shape index (κ3) is 3.18. The molecule has 1 saturated heterocycles. The number of amides is 1. The molecule has 5 nitrogen and oxygen atoms in total. The van der Waals surface area contributed by atoms with E-state index in [9.17, 15) is 13.2 Å². The number of sulfonamides is 1. The Hall–Kier alpha value is -0.620. The van der Waals surface area contributed by atoms with Crippen molar-refractivity contribution >= 4 is 15.9 Å². The standard InChI is InChI=1S/C10H20N2O3S/c1-10(2,3)11-6-5-7-12(9(13)8-11)16(4,14)15/h5-8H2,1-4H3. The third-order valence-electron chi connectivity index (χ3n) is 2.74. The molecule has 0 unspecified atom stereocenters. The third-order valence-corrected chi connectivity index (χ3v) is 3.93. The van der Waals surface area contributed by atoms with Gasteiger partial charge < -0.3 is 0 Å². The van der Waals surface area contributed by atoms with E-state index in [0.717, 1.165) is 17.1 Å². The molecule has 0 aromatic carbocycles. The lowest BCUT2D eigenvalue weighted by atomic mass is 10.1. The number of hydrogen-bond acceptors (Lipinski definition) is 4. The van der Waals surface area contributed by atoms with Crippen LogP contribution in [0.25, 0.3) is 0 Å². The summed E-state index contributed by atoms with van der Waals surface area (Å²) >= 11 is 0. The van der Waals surface area contributed by atoms with E-state index >= 15 is 0 Å². The zero-order valence-electron chi connectivity index (χ0n) is 10.4. The molecule has 6 heteroatoms. The number of hydrogen-bond donors (Lipinski definition) is 0. The molecule has 16 heavy (non-hydrogen) atoms. The molecule has 0 aromatic heterocycles. The van der Waals surface area contributed by atoms with Crippen molar-refractivity contribution in [1.82, 2.24) is 9.21 Å². The molecule has 0 radical (unpaired) electrons. The fraction of sp³-hybridized carbons (Fsp3) is 0.900. The summed E-state index contributed by atoms with van der Waals surface area (Å²) in [5, 5.41) is 0. The van der Waals surface area contributed by atoms with E-state index in [-0.39, 0.29) is 18.0 Å². The smallest absolute Gasteiger partial charge is 0.250 e. The Morgan fingerprint density at radius 2 is 1.75 bits per heavy atom. The summed E-state index contributed by atoms with van der Waals surface area (Å²) in [5.41, 5.74) is -0.108. The molecule has 1 fully saturated rings. The SMILES string of the molecule is CC(C)(C)N1CCCN(S(C)(=O)=O)C(=O)C1. The van der Waals surface area contributed by atoms with Crippen LogP contribution >= 0.6 is 0 Å². The normalized spacial score (nSPS) is 21.0. The van der Waals surface area contributed by atoms with Gasteiger partial charge in [0.1, 0.15) is 0 Å². The average Bonchev–Trinajstić information content (AvgIpc) is 2.23. The van der Waals surface area contributed by atoms with Gasteiger partial charge in [-0.2, -0.15) is 0 Å².